The van der Waals surface area contributed by atoms with Gasteiger partial charge in [0.25, 0.3) is 5.91 Å². The Balaban J connectivity index is 1.60. The fraction of sp³-hybridized carbons (Fsp3) is 0.185. The van der Waals surface area contributed by atoms with Gasteiger partial charge in [-0.2, -0.15) is 0 Å². The molecule has 0 spiro atoms. The summed E-state index contributed by atoms with van der Waals surface area (Å²) in [6, 6.07) is 18.5. The summed E-state index contributed by atoms with van der Waals surface area (Å²) < 4.78 is 12.3. The molecule has 0 atom stereocenters. The summed E-state index contributed by atoms with van der Waals surface area (Å²) in [4.78, 5) is 20.2. The van der Waals surface area contributed by atoms with Gasteiger partial charge in [-0.3, -0.25) is 9.69 Å². The van der Waals surface area contributed by atoms with Crippen molar-refractivity contribution in [3.63, 3.8) is 0 Å². The van der Waals surface area contributed by atoms with Crippen molar-refractivity contribution in [3.8, 4) is 11.5 Å². The molecule has 36 heavy (non-hydrogen) atoms. The Morgan fingerprint density at radius 2 is 1.86 bits per heavy atom. The summed E-state index contributed by atoms with van der Waals surface area (Å²) in [5.41, 5.74) is 2.48. The predicted octanol–water partition coefficient (Wildman–Crippen LogP) is 8.36. The van der Waals surface area contributed by atoms with E-state index in [1.54, 1.807) is 24.1 Å². The lowest BCUT2D eigenvalue weighted by Crippen LogP contribution is -2.29. The highest BCUT2D eigenvalue weighted by Crippen LogP contribution is 2.40. The highest BCUT2D eigenvalue weighted by atomic mass is 79.9. The van der Waals surface area contributed by atoms with Crippen LogP contribution in [0.1, 0.15) is 24.5 Å². The van der Waals surface area contributed by atoms with Crippen molar-refractivity contribution >= 4 is 73.7 Å². The molecule has 1 saturated heterocycles. The molecule has 1 aliphatic rings. The smallest absolute Gasteiger partial charge is 0.266 e. The van der Waals surface area contributed by atoms with Crippen LogP contribution in [-0.4, -0.2) is 29.6 Å². The maximum atomic E-state index is 13.2. The summed E-state index contributed by atoms with van der Waals surface area (Å²) in [6.07, 6.45) is 2.66. The van der Waals surface area contributed by atoms with Gasteiger partial charge in [0.2, 0.25) is 0 Å². The summed E-state index contributed by atoms with van der Waals surface area (Å²) >= 11 is 17.0. The van der Waals surface area contributed by atoms with Crippen molar-refractivity contribution in [2.24, 2.45) is 4.99 Å². The highest BCUT2D eigenvalue weighted by Gasteiger charge is 2.33. The number of ether oxygens (including phenoxy) is 2. The molecule has 0 unspecified atom stereocenters. The van der Waals surface area contributed by atoms with Crippen LogP contribution in [0.15, 0.2) is 75.0 Å². The Labute approximate surface area is 233 Å². The van der Waals surface area contributed by atoms with Gasteiger partial charge in [0.15, 0.2) is 16.7 Å². The molecule has 186 valence electrons. The van der Waals surface area contributed by atoms with E-state index in [9.17, 15) is 4.79 Å². The summed E-state index contributed by atoms with van der Waals surface area (Å²) in [7, 11) is 1.58. The van der Waals surface area contributed by atoms with Crippen LogP contribution < -0.4 is 9.47 Å². The van der Waals surface area contributed by atoms with E-state index in [4.69, 9.17) is 32.7 Å². The number of amides is 1. The molecule has 1 amide bonds. The molecule has 0 radical (unpaired) electrons. The first-order chi connectivity index (χ1) is 17.4. The fourth-order valence-electron chi connectivity index (χ4n) is 3.54. The van der Waals surface area contributed by atoms with Gasteiger partial charge in [-0.05, 0) is 99.8 Å². The molecule has 1 heterocycles. The topological polar surface area (TPSA) is 51.1 Å². The molecular weight excluding hydrogens is 583 g/mol. The lowest BCUT2D eigenvalue weighted by atomic mass is 10.1. The minimum absolute atomic E-state index is 0.0778. The molecule has 1 fully saturated rings. The number of carbonyl (C=O) groups is 1. The number of rotatable bonds is 8. The molecule has 5 nitrogen and oxygen atoms in total. The Morgan fingerprint density at radius 1 is 1.08 bits per heavy atom. The number of carbonyl (C=O) groups excluding carboxylic acids is 1. The van der Waals surface area contributed by atoms with E-state index < -0.39 is 0 Å². The normalized spacial score (nSPS) is 15.7. The SMILES string of the molecule is CCCN1C(=O)/C(=C/c2cc(Br)c(OCc3cccc(Cl)c3)c(OC)c2)SC1=Nc1ccc(Cl)cc1. The number of halogens is 3. The molecule has 0 aromatic heterocycles. The van der Waals surface area contributed by atoms with E-state index >= 15 is 0 Å². The second-order valence-corrected chi connectivity index (χ2v) is 10.6. The van der Waals surface area contributed by atoms with Crippen LogP contribution in [0, 0.1) is 0 Å². The van der Waals surface area contributed by atoms with Crippen molar-refractivity contribution < 1.29 is 14.3 Å². The monoisotopic (exact) mass is 604 g/mol. The molecule has 1 aliphatic heterocycles. The van der Waals surface area contributed by atoms with E-state index in [0.717, 1.165) is 23.2 Å². The average Bonchev–Trinajstić information content (AvgIpc) is 3.13. The Bertz CT molecular complexity index is 1330. The molecule has 3 aromatic rings. The molecule has 0 saturated carbocycles. The summed E-state index contributed by atoms with van der Waals surface area (Å²) in [5.74, 6) is 1.04. The van der Waals surface area contributed by atoms with Gasteiger partial charge in [0, 0.05) is 16.6 Å². The van der Waals surface area contributed by atoms with E-state index in [1.165, 1.54) is 11.8 Å². The third-order valence-electron chi connectivity index (χ3n) is 5.21. The molecule has 3 aromatic carbocycles. The van der Waals surface area contributed by atoms with E-state index in [0.29, 0.717) is 49.2 Å². The predicted molar refractivity (Wildman–Crippen MR) is 153 cm³/mol. The molecular formula is C27H23BrCl2N2O3S. The van der Waals surface area contributed by atoms with Gasteiger partial charge in [-0.25, -0.2) is 4.99 Å². The zero-order valence-corrected chi connectivity index (χ0v) is 23.5. The van der Waals surface area contributed by atoms with Crippen LogP contribution >= 0.6 is 50.9 Å². The van der Waals surface area contributed by atoms with Gasteiger partial charge in [0.1, 0.15) is 6.61 Å². The minimum Gasteiger partial charge on any atom is -0.493 e. The van der Waals surface area contributed by atoms with Crippen LogP contribution in [-0.2, 0) is 11.4 Å². The first-order valence-corrected chi connectivity index (χ1v) is 13.5. The second kappa shape index (κ2) is 12.2. The van der Waals surface area contributed by atoms with E-state index in [-0.39, 0.29) is 5.91 Å². The third kappa shape index (κ3) is 6.45. The average molecular weight is 606 g/mol. The highest BCUT2D eigenvalue weighted by molar-refractivity contribution is 9.10. The lowest BCUT2D eigenvalue weighted by Gasteiger charge is -2.14. The quantitative estimate of drug-likeness (QED) is 0.242. The Kier molecular flexibility index (Phi) is 9.01. The van der Waals surface area contributed by atoms with Gasteiger partial charge in [-0.15, -0.1) is 0 Å². The van der Waals surface area contributed by atoms with E-state index in [1.807, 2.05) is 61.5 Å². The Morgan fingerprint density at radius 3 is 2.56 bits per heavy atom. The Hall–Kier alpha value is -2.45. The summed E-state index contributed by atoms with van der Waals surface area (Å²) in [5, 5.41) is 1.93. The maximum absolute atomic E-state index is 13.2. The van der Waals surface area contributed by atoms with Crippen molar-refractivity contribution in [2.45, 2.75) is 20.0 Å². The van der Waals surface area contributed by atoms with Gasteiger partial charge in [0.05, 0.1) is 22.2 Å². The molecule has 0 bridgehead atoms. The number of methoxy groups -OCH3 is 1. The first-order valence-electron chi connectivity index (χ1n) is 11.2. The fourth-order valence-corrected chi connectivity index (χ4v) is 5.47. The van der Waals surface area contributed by atoms with Crippen molar-refractivity contribution in [1.29, 1.82) is 0 Å². The molecule has 0 aliphatic carbocycles. The maximum Gasteiger partial charge on any atom is 0.266 e. The number of hydrogen-bond acceptors (Lipinski definition) is 5. The molecule has 9 heteroatoms. The van der Waals surface area contributed by atoms with Gasteiger partial charge < -0.3 is 9.47 Å². The van der Waals surface area contributed by atoms with Crippen molar-refractivity contribution in [2.75, 3.05) is 13.7 Å². The van der Waals surface area contributed by atoms with Crippen LogP contribution in [0.2, 0.25) is 10.0 Å². The standard InChI is InChI=1S/C27H23BrCl2N2O3S/c1-3-11-32-26(33)24(36-27(32)31-21-9-7-19(29)8-10-21)15-18-13-22(28)25(23(14-18)34-2)35-16-17-5-4-6-20(30)12-17/h4-10,12-15H,3,11,16H2,1-2H3/b24-15-,31-27?. The second-order valence-electron chi connectivity index (χ2n) is 7.89. The van der Waals surface area contributed by atoms with E-state index in [2.05, 4.69) is 20.9 Å². The van der Waals surface area contributed by atoms with Crippen molar-refractivity contribution in [1.82, 2.24) is 4.90 Å². The number of benzene rings is 3. The van der Waals surface area contributed by atoms with Crippen LogP contribution in [0.25, 0.3) is 6.08 Å². The van der Waals surface area contributed by atoms with Gasteiger partial charge >= 0.3 is 0 Å². The third-order valence-corrected chi connectivity index (χ3v) is 7.29. The van der Waals surface area contributed by atoms with Crippen LogP contribution in [0.4, 0.5) is 5.69 Å². The summed E-state index contributed by atoms with van der Waals surface area (Å²) in [6.45, 7) is 2.95. The number of hydrogen-bond donors (Lipinski definition) is 0. The number of amidine groups is 1. The zero-order valence-electron chi connectivity index (χ0n) is 19.6. The molecule has 0 N–H and O–H groups in total. The number of thioether (sulfide) groups is 1. The van der Waals surface area contributed by atoms with Gasteiger partial charge in [-0.1, -0.05) is 42.3 Å². The lowest BCUT2D eigenvalue weighted by molar-refractivity contribution is -0.122. The first kappa shape index (κ1) is 26.6. The van der Waals surface area contributed by atoms with Crippen LogP contribution in [0.5, 0.6) is 11.5 Å². The largest absolute Gasteiger partial charge is 0.493 e. The zero-order chi connectivity index (χ0) is 25.7. The van der Waals surface area contributed by atoms with Crippen molar-refractivity contribution in [3.05, 3.63) is 91.2 Å². The van der Waals surface area contributed by atoms with Crippen LogP contribution in [0.3, 0.4) is 0 Å². The molecule has 4 rings (SSSR count). The minimum atomic E-state index is -0.0778. The number of nitrogens with zero attached hydrogens (tertiary/aromatic N) is 2. The number of aliphatic imine (C=N–C) groups is 1.